The summed E-state index contributed by atoms with van der Waals surface area (Å²) in [5.41, 5.74) is -1.20. The number of aliphatic hydroxyl groups is 1. The smallest absolute Gasteiger partial charge is 0.286 e. The molecule has 0 radical (unpaired) electrons. The van der Waals surface area contributed by atoms with Crippen molar-refractivity contribution in [2.45, 2.75) is 38.8 Å². The molecule has 1 aliphatic rings. The van der Waals surface area contributed by atoms with Gasteiger partial charge in [-0.15, -0.1) is 11.3 Å². The minimum absolute atomic E-state index is 0.138. The van der Waals surface area contributed by atoms with Gasteiger partial charge in [0.15, 0.2) is 5.82 Å². The second-order valence-electron chi connectivity index (χ2n) is 7.05. The number of aromatic nitrogens is 1. The molecule has 2 aromatic rings. The first-order valence-electron chi connectivity index (χ1n) is 8.56. The molecule has 0 spiro atoms. The van der Waals surface area contributed by atoms with Gasteiger partial charge in [0.1, 0.15) is 4.34 Å². The van der Waals surface area contributed by atoms with Gasteiger partial charge in [-0.2, -0.15) is 0 Å². The van der Waals surface area contributed by atoms with E-state index in [0.717, 1.165) is 23.6 Å². The summed E-state index contributed by atoms with van der Waals surface area (Å²) < 4.78 is 39.6. The molecule has 3 rings (SSSR count). The van der Waals surface area contributed by atoms with Crippen molar-refractivity contribution in [1.29, 1.82) is 0 Å². The molecule has 2 N–H and O–H groups in total. The maximum absolute atomic E-state index is 13.7. The molecule has 1 aliphatic carbocycles. The van der Waals surface area contributed by atoms with Crippen molar-refractivity contribution in [1.82, 2.24) is 4.57 Å². The molecule has 2 heterocycles. The Balaban J connectivity index is 1.78. The predicted octanol–water partition coefficient (Wildman–Crippen LogP) is 3.73. The van der Waals surface area contributed by atoms with Crippen LogP contribution in [-0.2, 0) is 6.54 Å². The van der Waals surface area contributed by atoms with Crippen LogP contribution in [-0.4, -0.2) is 28.1 Å². The average Bonchev–Trinajstić information content (AvgIpc) is 2.97. The van der Waals surface area contributed by atoms with E-state index in [1.807, 2.05) is 6.92 Å². The van der Waals surface area contributed by atoms with Crippen LogP contribution in [0.25, 0.3) is 0 Å². The van der Waals surface area contributed by atoms with Gasteiger partial charge in [0.05, 0.1) is 28.8 Å². The van der Waals surface area contributed by atoms with Gasteiger partial charge in [-0.25, -0.2) is 13.2 Å². The van der Waals surface area contributed by atoms with Crippen LogP contribution >= 0.6 is 22.9 Å². The molecular formula is C19H16ClF3N2O3S. The third-order valence-corrected chi connectivity index (χ3v) is 5.77. The number of carbonyl (C=O) groups excluding carboxylic acids is 1. The van der Waals surface area contributed by atoms with E-state index >= 15 is 0 Å². The summed E-state index contributed by atoms with van der Waals surface area (Å²) in [6.07, 6.45) is -1.13. The number of rotatable bonds is 4. The molecule has 154 valence electrons. The third-order valence-electron chi connectivity index (χ3n) is 4.42. The number of amides is 1. The Labute approximate surface area is 173 Å². The molecule has 1 amide bonds. The van der Waals surface area contributed by atoms with Gasteiger partial charge in [-0.3, -0.25) is 9.59 Å². The molecule has 29 heavy (non-hydrogen) atoms. The second-order valence-corrected chi connectivity index (χ2v) is 8.70. The van der Waals surface area contributed by atoms with E-state index in [1.165, 1.54) is 6.07 Å². The lowest BCUT2D eigenvalue weighted by Gasteiger charge is -2.38. The third kappa shape index (κ3) is 5.01. The molecule has 0 aliphatic heterocycles. The number of anilines is 1. The maximum atomic E-state index is 13.7. The predicted molar refractivity (Wildman–Crippen MR) is 104 cm³/mol. The summed E-state index contributed by atoms with van der Waals surface area (Å²) in [6, 6.07) is 2.24. The molecule has 0 atom stereocenters. The highest BCUT2D eigenvalue weighted by atomic mass is 35.5. The molecule has 10 heteroatoms. The number of pyridine rings is 1. The number of aliphatic hydroxyl groups excluding tert-OH is 1. The zero-order valence-corrected chi connectivity index (χ0v) is 16.7. The Morgan fingerprint density at radius 2 is 2.17 bits per heavy atom. The summed E-state index contributed by atoms with van der Waals surface area (Å²) in [6.45, 7) is 0.932. The minimum Gasteiger partial charge on any atom is -0.393 e. The standard InChI is InChI=1S/C19H16ClF3N2O3S/c1-19(6-12(26)7-19)3-2-10-4-14(29-16(10)20)17(27)24-11-5-13(21)18(28)25(8-11)9-15(22)23/h4-5,8,12,15,26H,6-7,9H2,1H3,(H,24,27). The first-order chi connectivity index (χ1) is 13.6. The van der Waals surface area contributed by atoms with Crippen LogP contribution < -0.4 is 10.9 Å². The second kappa shape index (κ2) is 8.22. The highest BCUT2D eigenvalue weighted by Crippen LogP contribution is 2.40. The Morgan fingerprint density at radius 3 is 2.79 bits per heavy atom. The number of thiophene rings is 1. The Morgan fingerprint density at radius 1 is 1.48 bits per heavy atom. The van der Waals surface area contributed by atoms with Crippen molar-refractivity contribution in [3.8, 4) is 11.8 Å². The van der Waals surface area contributed by atoms with Crippen LogP contribution in [0, 0.1) is 23.1 Å². The van der Waals surface area contributed by atoms with E-state index in [2.05, 4.69) is 17.2 Å². The van der Waals surface area contributed by atoms with E-state index < -0.39 is 30.3 Å². The number of hydrogen-bond donors (Lipinski definition) is 2. The van der Waals surface area contributed by atoms with E-state index in [9.17, 15) is 27.9 Å². The average molecular weight is 445 g/mol. The van der Waals surface area contributed by atoms with Crippen LogP contribution in [0.15, 0.2) is 23.1 Å². The lowest BCUT2D eigenvalue weighted by molar-refractivity contribution is 0.0150. The maximum Gasteiger partial charge on any atom is 0.286 e. The molecule has 1 fully saturated rings. The SMILES string of the molecule is CC1(C#Cc2cc(C(=O)Nc3cc(F)c(=O)n(CC(F)F)c3)sc2Cl)CC(O)C1. The summed E-state index contributed by atoms with van der Waals surface area (Å²) in [4.78, 5) is 24.2. The van der Waals surface area contributed by atoms with Crippen molar-refractivity contribution >= 4 is 34.5 Å². The van der Waals surface area contributed by atoms with Crippen molar-refractivity contribution < 1.29 is 23.1 Å². The number of hydrogen-bond acceptors (Lipinski definition) is 4. The normalized spacial score (nSPS) is 20.7. The molecule has 2 aromatic heterocycles. The Hall–Kier alpha value is -2.28. The van der Waals surface area contributed by atoms with E-state index in [1.54, 1.807) is 0 Å². The van der Waals surface area contributed by atoms with Gasteiger partial charge < -0.3 is 15.0 Å². The van der Waals surface area contributed by atoms with Crippen LogP contribution in [0.4, 0.5) is 18.9 Å². The van der Waals surface area contributed by atoms with Crippen molar-refractivity contribution in [2.24, 2.45) is 5.41 Å². The quantitative estimate of drug-likeness (QED) is 0.706. The summed E-state index contributed by atoms with van der Waals surface area (Å²) in [5, 5.41) is 11.8. The topological polar surface area (TPSA) is 71.3 Å². The lowest BCUT2D eigenvalue weighted by Crippen LogP contribution is -2.37. The van der Waals surface area contributed by atoms with Gasteiger partial charge in [0.25, 0.3) is 17.9 Å². The fourth-order valence-corrected chi connectivity index (χ4v) is 4.10. The van der Waals surface area contributed by atoms with Gasteiger partial charge >= 0.3 is 0 Å². The van der Waals surface area contributed by atoms with Crippen LogP contribution in [0.1, 0.15) is 35.0 Å². The van der Waals surface area contributed by atoms with Gasteiger partial charge in [0, 0.05) is 17.7 Å². The zero-order chi connectivity index (χ0) is 21.3. The number of nitrogens with zero attached hydrogens (tertiary/aromatic N) is 1. The molecule has 0 bridgehead atoms. The molecule has 1 saturated carbocycles. The Bertz CT molecular complexity index is 1060. The molecule has 5 nitrogen and oxygen atoms in total. The molecular weight excluding hydrogens is 429 g/mol. The highest BCUT2D eigenvalue weighted by Gasteiger charge is 2.37. The zero-order valence-electron chi connectivity index (χ0n) is 15.1. The molecule has 0 aromatic carbocycles. The van der Waals surface area contributed by atoms with Gasteiger partial charge in [0.2, 0.25) is 0 Å². The first kappa shape index (κ1) is 21.4. The monoisotopic (exact) mass is 444 g/mol. The fourth-order valence-electron chi connectivity index (χ4n) is 3.01. The molecule has 0 unspecified atom stereocenters. The summed E-state index contributed by atoms with van der Waals surface area (Å²) >= 11 is 7.10. The largest absolute Gasteiger partial charge is 0.393 e. The lowest BCUT2D eigenvalue weighted by atomic mass is 9.69. The van der Waals surface area contributed by atoms with E-state index in [-0.39, 0.29) is 22.1 Å². The van der Waals surface area contributed by atoms with E-state index in [4.69, 9.17) is 11.6 Å². The molecule has 0 saturated heterocycles. The number of nitrogens with one attached hydrogen (secondary N) is 1. The number of halogens is 4. The van der Waals surface area contributed by atoms with Crippen LogP contribution in [0.5, 0.6) is 0 Å². The summed E-state index contributed by atoms with van der Waals surface area (Å²) in [5.74, 6) is 4.06. The van der Waals surface area contributed by atoms with Crippen molar-refractivity contribution in [3.63, 3.8) is 0 Å². The highest BCUT2D eigenvalue weighted by molar-refractivity contribution is 7.18. The van der Waals surface area contributed by atoms with Gasteiger partial charge in [-0.1, -0.05) is 23.4 Å². The number of alkyl halides is 2. The van der Waals surface area contributed by atoms with Crippen molar-refractivity contribution in [2.75, 3.05) is 5.32 Å². The first-order valence-corrected chi connectivity index (χ1v) is 9.76. The van der Waals surface area contributed by atoms with Crippen LogP contribution in [0.2, 0.25) is 4.34 Å². The fraction of sp³-hybridized carbons (Fsp3) is 0.368. The van der Waals surface area contributed by atoms with Crippen molar-refractivity contribution in [3.05, 3.63) is 49.3 Å². The van der Waals surface area contributed by atoms with Crippen LogP contribution in [0.3, 0.4) is 0 Å². The van der Waals surface area contributed by atoms with E-state index in [0.29, 0.717) is 27.3 Å². The van der Waals surface area contributed by atoms with Gasteiger partial charge in [-0.05, 0) is 25.8 Å². The number of carbonyl (C=O) groups is 1. The Kier molecular flexibility index (Phi) is 6.08. The summed E-state index contributed by atoms with van der Waals surface area (Å²) in [7, 11) is 0. The minimum atomic E-state index is -2.85.